The number of ether oxygens (including phenoxy) is 1. The Bertz CT molecular complexity index is 694. The van der Waals surface area contributed by atoms with Gasteiger partial charge in [0.25, 0.3) is 0 Å². The summed E-state index contributed by atoms with van der Waals surface area (Å²) in [4.78, 5) is 11.2. The Kier molecular flexibility index (Phi) is 5.05. The number of alkyl halides is 3. The zero-order valence-electron chi connectivity index (χ0n) is 11.8. The number of rotatable bonds is 5. The molecule has 0 bridgehead atoms. The summed E-state index contributed by atoms with van der Waals surface area (Å²) in [6, 6.07) is 13.3. The summed E-state index contributed by atoms with van der Waals surface area (Å²) in [6.07, 6.45) is -3.47. The number of aliphatic carboxylic acids is 1. The maximum Gasteiger partial charge on any atom is 0.419 e. The van der Waals surface area contributed by atoms with E-state index in [0.29, 0.717) is 5.56 Å². The molecule has 0 aromatic heterocycles. The van der Waals surface area contributed by atoms with Crippen molar-refractivity contribution in [3.05, 3.63) is 71.8 Å². The smallest absolute Gasteiger partial charge is 0.419 e. The van der Waals surface area contributed by atoms with Crippen molar-refractivity contribution >= 4 is 12.0 Å². The van der Waals surface area contributed by atoms with E-state index in [9.17, 15) is 18.0 Å². The largest absolute Gasteiger partial charge is 0.478 e. The second-order valence-corrected chi connectivity index (χ2v) is 4.64. The number of benzene rings is 2. The molecule has 0 aliphatic heterocycles. The van der Waals surface area contributed by atoms with E-state index in [1.165, 1.54) is 24.3 Å². The second kappa shape index (κ2) is 7.00. The molecule has 0 amide bonds. The third kappa shape index (κ3) is 4.60. The predicted molar refractivity (Wildman–Crippen MR) is 79.0 cm³/mol. The maximum atomic E-state index is 12.9. The fourth-order valence-electron chi connectivity index (χ4n) is 1.88. The SMILES string of the molecule is O=C(O)C(/C=C/c1ccccc1)Oc1ccccc1C(F)(F)F. The topological polar surface area (TPSA) is 46.5 Å². The van der Waals surface area contributed by atoms with Gasteiger partial charge < -0.3 is 9.84 Å². The van der Waals surface area contributed by atoms with Crippen LogP contribution in [0.25, 0.3) is 6.08 Å². The molecule has 2 aromatic rings. The number of carboxylic acids is 1. The zero-order chi connectivity index (χ0) is 16.9. The summed E-state index contributed by atoms with van der Waals surface area (Å²) in [5.41, 5.74) is -0.300. The highest BCUT2D eigenvalue weighted by Crippen LogP contribution is 2.36. The van der Waals surface area contributed by atoms with Crippen LogP contribution in [0.4, 0.5) is 13.2 Å². The van der Waals surface area contributed by atoms with E-state index in [-0.39, 0.29) is 0 Å². The molecule has 0 fully saturated rings. The fourth-order valence-corrected chi connectivity index (χ4v) is 1.88. The first kappa shape index (κ1) is 16.6. The van der Waals surface area contributed by atoms with Crippen LogP contribution in [0.5, 0.6) is 5.75 Å². The summed E-state index contributed by atoms with van der Waals surface area (Å²) in [6.45, 7) is 0. The molecule has 1 atom stereocenters. The molecule has 0 spiro atoms. The molecule has 6 heteroatoms. The normalized spacial score (nSPS) is 13.0. The van der Waals surface area contributed by atoms with Gasteiger partial charge in [0.2, 0.25) is 6.10 Å². The standard InChI is InChI=1S/C17H13F3O3/c18-17(19,20)13-8-4-5-9-14(13)23-15(16(21)22)11-10-12-6-2-1-3-7-12/h1-11,15H,(H,21,22)/b11-10+. The van der Waals surface area contributed by atoms with Gasteiger partial charge in [-0.3, -0.25) is 0 Å². The highest BCUT2D eigenvalue weighted by Gasteiger charge is 2.35. The van der Waals surface area contributed by atoms with Crippen molar-refractivity contribution < 1.29 is 27.8 Å². The molecule has 0 heterocycles. The van der Waals surface area contributed by atoms with Crippen LogP contribution in [-0.2, 0) is 11.0 Å². The molecular weight excluding hydrogens is 309 g/mol. The number of hydrogen-bond acceptors (Lipinski definition) is 2. The Morgan fingerprint density at radius 1 is 1.04 bits per heavy atom. The first-order valence-electron chi connectivity index (χ1n) is 6.67. The fraction of sp³-hybridized carbons (Fsp3) is 0.118. The number of carbonyl (C=O) groups is 1. The molecule has 120 valence electrons. The molecule has 1 N–H and O–H groups in total. The van der Waals surface area contributed by atoms with E-state index in [4.69, 9.17) is 9.84 Å². The molecule has 0 aliphatic carbocycles. The van der Waals surface area contributed by atoms with Gasteiger partial charge in [-0.2, -0.15) is 13.2 Å². The lowest BCUT2D eigenvalue weighted by Gasteiger charge is -2.16. The van der Waals surface area contributed by atoms with Crippen molar-refractivity contribution in [3.8, 4) is 5.75 Å². The molecule has 0 saturated heterocycles. The number of carboxylic acid groups (broad SMARTS) is 1. The minimum Gasteiger partial charge on any atom is -0.478 e. The lowest BCUT2D eigenvalue weighted by atomic mass is 10.1. The van der Waals surface area contributed by atoms with Gasteiger partial charge in [0.05, 0.1) is 5.56 Å². The third-order valence-electron chi connectivity index (χ3n) is 2.95. The van der Waals surface area contributed by atoms with Gasteiger partial charge in [-0.05, 0) is 23.8 Å². The Hall–Kier alpha value is -2.76. The quantitative estimate of drug-likeness (QED) is 0.895. The van der Waals surface area contributed by atoms with Crippen molar-refractivity contribution in [3.63, 3.8) is 0 Å². The molecular formula is C17H13F3O3. The average molecular weight is 322 g/mol. The van der Waals surface area contributed by atoms with Crippen LogP contribution in [0, 0.1) is 0 Å². The van der Waals surface area contributed by atoms with E-state index in [1.807, 2.05) is 0 Å². The summed E-state index contributed by atoms with van der Waals surface area (Å²) >= 11 is 0. The van der Waals surface area contributed by atoms with E-state index in [2.05, 4.69) is 0 Å². The van der Waals surface area contributed by atoms with E-state index >= 15 is 0 Å². The minimum absolute atomic E-state index is 0.523. The Morgan fingerprint density at radius 2 is 1.65 bits per heavy atom. The van der Waals surface area contributed by atoms with Crippen molar-refractivity contribution in [2.24, 2.45) is 0 Å². The molecule has 2 rings (SSSR count). The lowest BCUT2D eigenvalue weighted by Crippen LogP contribution is -2.25. The number of hydrogen-bond donors (Lipinski definition) is 1. The van der Waals surface area contributed by atoms with Crippen LogP contribution in [0.15, 0.2) is 60.7 Å². The lowest BCUT2D eigenvalue weighted by molar-refractivity contribution is -0.146. The van der Waals surface area contributed by atoms with Crippen LogP contribution in [0.1, 0.15) is 11.1 Å². The van der Waals surface area contributed by atoms with Crippen LogP contribution in [0.2, 0.25) is 0 Å². The van der Waals surface area contributed by atoms with E-state index in [0.717, 1.165) is 12.1 Å². The zero-order valence-corrected chi connectivity index (χ0v) is 11.8. The molecule has 0 aliphatic rings. The van der Waals surface area contributed by atoms with Crippen LogP contribution in [0.3, 0.4) is 0 Å². The molecule has 23 heavy (non-hydrogen) atoms. The van der Waals surface area contributed by atoms with Gasteiger partial charge >= 0.3 is 12.1 Å². The molecule has 0 saturated carbocycles. The Morgan fingerprint density at radius 3 is 2.26 bits per heavy atom. The third-order valence-corrected chi connectivity index (χ3v) is 2.95. The average Bonchev–Trinajstić information content (AvgIpc) is 2.51. The van der Waals surface area contributed by atoms with Gasteiger partial charge in [0, 0.05) is 0 Å². The maximum absolute atomic E-state index is 12.9. The van der Waals surface area contributed by atoms with Gasteiger partial charge in [-0.25, -0.2) is 4.79 Å². The first-order chi connectivity index (χ1) is 10.9. The first-order valence-corrected chi connectivity index (χ1v) is 6.67. The summed E-state index contributed by atoms with van der Waals surface area (Å²) in [5.74, 6) is -1.90. The van der Waals surface area contributed by atoms with E-state index in [1.54, 1.807) is 30.3 Å². The van der Waals surface area contributed by atoms with Crippen LogP contribution < -0.4 is 4.74 Å². The van der Waals surface area contributed by atoms with Crippen molar-refractivity contribution in [2.45, 2.75) is 12.3 Å². The molecule has 2 aromatic carbocycles. The van der Waals surface area contributed by atoms with Gasteiger partial charge in [0.15, 0.2) is 0 Å². The molecule has 0 radical (unpaired) electrons. The number of halogens is 3. The highest BCUT2D eigenvalue weighted by atomic mass is 19.4. The van der Waals surface area contributed by atoms with Gasteiger partial charge in [-0.15, -0.1) is 0 Å². The predicted octanol–water partition coefficient (Wildman–Crippen LogP) is 4.25. The Labute approximate surface area is 130 Å². The van der Waals surface area contributed by atoms with Crippen molar-refractivity contribution in [1.82, 2.24) is 0 Å². The summed E-state index contributed by atoms with van der Waals surface area (Å²) in [5, 5.41) is 9.15. The monoisotopic (exact) mass is 322 g/mol. The van der Waals surface area contributed by atoms with E-state index < -0.39 is 29.6 Å². The van der Waals surface area contributed by atoms with Gasteiger partial charge in [-0.1, -0.05) is 48.5 Å². The second-order valence-electron chi connectivity index (χ2n) is 4.64. The summed E-state index contributed by atoms with van der Waals surface area (Å²) < 4.78 is 43.8. The van der Waals surface area contributed by atoms with Gasteiger partial charge in [0.1, 0.15) is 5.75 Å². The van der Waals surface area contributed by atoms with Crippen LogP contribution in [-0.4, -0.2) is 17.2 Å². The molecule has 3 nitrogen and oxygen atoms in total. The Balaban J connectivity index is 2.24. The minimum atomic E-state index is -4.62. The highest BCUT2D eigenvalue weighted by molar-refractivity contribution is 5.77. The van der Waals surface area contributed by atoms with Crippen molar-refractivity contribution in [2.75, 3.05) is 0 Å². The summed E-state index contributed by atoms with van der Waals surface area (Å²) in [7, 11) is 0. The van der Waals surface area contributed by atoms with Crippen molar-refractivity contribution in [1.29, 1.82) is 0 Å². The van der Waals surface area contributed by atoms with Crippen LogP contribution >= 0.6 is 0 Å². The number of para-hydroxylation sites is 1. The molecule has 1 unspecified atom stereocenters.